The highest BCUT2D eigenvalue weighted by Crippen LogP contribution is 2.31. The second-order valence-corrected chi connectivity index (χ2v) is 7.00. The first-order valence-electron chi connectivity index (χ1n) is 9.72. The molecule has 0 saturated heterocycles. The minimum atomic E-state index is -4.38. The lowest BCUT2D eigenvalue weighted by molar-refractivity contribution is -0.137. The summed E-state index contributed by atoms with van der Waals surface area (Å²) in [4.78, 5) is 30.3. The molecule has 0 bridgehead atoms. The highest BCUT2D eigenvalue weighted by atomic mass is 19.4. The van der Waals surface area contributed by atoms with E-state index in [1.807, 2.05) is 6.92 Å². The predicted octanol–water partition coefficient (Wildman–Crippen LogP) is 5.20. The number of hydrogen-bond acceptors (Lipinski definition) is 3. The fourth-order valence-corrected chi connectivity index (χ4v) is 3.05. The Morgan fingerprint density at radius 1 is 1.14 bits per heavy atom. The van der Waals surface area contributed by atoms with E-state index in [2.05, 4.69) is 15.3 Å². The zero-order chi connectivity index (χ0) is 21.4. The number of imidazole rings is 1. The molecule has 0 aliphatic rings. The third-order valence-electron chi connectivity index (χ3n) is 4.67. The number of aromatic amines is 1. The van der Waals surface area contributed by atoms with Gasteiger partial charge >= 0.3 is 6.18 Å². The van der Waals surface area contributed by atoms with E-state index in [1.54, 1.807) is 6.20 Å². The highest BCUT2D eigenvalue weighted by molar-refractivity contribution is 5.77. The van der Waals surface area contributed by atoms with Crippen molar-refractivity contribution in [3.05, 3.63) is 41.9 Å². The van der Waals surface area contributed by atoms with Gasteiger partial charge in [-0.1, -0.05) is 31.9 Å². The smallest absolute Gasteiger partial charge is 0.346 e. The van der Waals surface area contributed by atoms with Crippen LogP contribution in [0.1, 0.15) is 69.8 Å². The molecule has 1 aromatic carbocycles. The summed E-state index contributed by atoms with van der Waals surface area (Å²) >= 11 is 0. The topological polar surface area (TPSA) is 74.8 Å². The van der Waals surface area contributed by atoms with Gasteiger partial charge in [0.15, 0.2) is 0 Å². The van der Waals surface area contributed by atoms with Gasteiger partial charge in [-0.3, -0.25) is 9.59 Å². The van der Waals surface area contributed by atoms with Crippen molar-refractivity contribution in [3.8, 4) is 11.3 Å². The molecule has 8 heteroatoms. The van der Waals surface area contributed by atoms with Crippen LogP contribution in [0.25, 0.3) is 11.3 Å². The van der Waals surface area contributed by atoms with Crippen LogP contribution in [0.5, 0.6) is 0 Å². The minimum absolute atomic E-state index is 0.191. The lowest BCUT2D eigenvalue weighted by atomic mass is 10.0. The van der Waals surface area contributed by atoms with Crippen molar-refractivity contribution < 1.29 is 22.8 Å². The third-order valence-corrected chi connectivity index (χ3v) is 4.67. The molecule has 5 nitrogen and oxygen atoms in total. The Morgan fingerprint density at radius 3 is 2.41 bits per heavy atom. The summed E-state index contributed by atoms with van der Waals surface area (Å²) in [6.07, 6.45) is 1.44. The Hall–Kier alpha value is -2.64. The first kappa shape index (κ1) is 22.6. The Balaban J connectivity index is 2.02. The first-order valence-corrected chi connectivity index (χ1v) is 9.72. The van der Waals surface area contributed by atoms with Gasteiger partial charge < -0.3 is 10.3 Å². The second kappa shape index (κ2) is 10.2. The molecular formula is C21H26F3N3O2. The number of carbonyl (C=O) groups excluding carboxylic acids is 2. The molecular weight excluding hydrogens is 383 g/mol. The molecule has 1 aromatic heterocycles. The standard InChI is InChI=1S/C21H26F3N3O2/c1-3-17(29)7-5-4-6-8-18(26-14(2)28)20-25-13-19(27-20)15-9-11-16(12-10-15)21(22,23)24/h9-13,18H,3-8H2,1-2H3,(H,25,27)(H,26,28)/t18-/m0/s1. The van der Waals surface area contributed by atoms with Gasteiger partial charge in [0.2, 0.25) is 5.91 Å². The number of rotatable bonds is 10. The zero-order valence-corrected chi connectivity index (χ0v) is 16.6. The molecule has 29 heavy (non-hydrogen) atoms. The molecule has 0 unspecified atom stereocenters. The highest BCUT2D eigenvalue weighted by Gasteiger charge is 2.30. The van der Waals surface area contributed by atoms with Gasteiger partial charge in [-0.2, -0.15) is 13.2 Å². The largest absolute Gasteiger partial charge is 0.416 e. The average Bonchev–Trinajstić information content (AvgIpc) is 3.15. The van der Waals surface area contributed by atoms with Crippen LogP contribution in [0, 0.1) is 0 Å². The fourth-order valence-electron chi connectivity index (χ4n) is 3.05. The summed E-state index contributed by atoms with van der Waals surface area (Å²) in [6, 6.07) is 4.51. The van der Waals surface area contributed by atoms with Gasteiger partial charge in [-0.05, 0) is 30.5 Å². The molecule has 2 rings (SSSR count). The molecule has 0 radical (unpaired) electrons. The van der Waals surface area contributed by atoms with Gasteiger partial charge in [0, 0.05) is 19.8 Å². The number of benzene rings is 1. The van der Waals surface area contributed by atoms with Crippen molar-refractivity contribution >= 4 is 11.7 Å². The molecule has 2 aromatic rings. The Bertz CT molecular complexity index is 813. The number of H-pyrrole nitrogens is 1. The van der Waals surface area contributed by atoms with Crippen LogP contribution in [-0.4, -0.2) is 21.7 Å². The van der Waals surface area contributed by atoms with Crippen LogP contribution in [-0.2, 0) is 15.8 Å². The van der Waals surface area contributed by atoms with Gasteiger partial charge in [-0.25, -0.2) is 4.98 Å². The number of aromatic nitrogens is 2. The maximum absolute atomic E-state index is 12.7. The van der Waals surface area contributed by atoms with E-state index in [9.17, 15) is 22.8 Å². The van der Waals surface area contributed by atoms with E-state index < -0.39 is 11.7 Å². The van der Waals surface area contributed by atoms with E-state index in [1.165, 1.54) is 19.1 Å². The average molecular weight is 409 g/mol. The zero-order valence-electron chi connectivity index (χ0n) is 16.6. The van der Waals surface area contributed by atoms with Crippen molar-refractivity contribution in [2.75, 3.05) is 0 Å². The van der Waals surface area contributed by atoms with E-state index in [0.29, 0.717) is 36.3 Å². The maximum atomic E-state index is 12.7. The molecule has 0 spiro atoms. The molecule has 158 valence electrons. The molecule has 1 amide bonds. The van der Waals surface area contributed by atoms with Crippen molar-refractivity contribution in [2.45, 2.75) is 64.6 Å². The summed E-state index contributed by atoms with van der Waals surface area (Å²) in [7, 11) is 0. The van der Waals surface area contributed by atoms with Crippen LogP contribution < -0.4 is 5.32 Å². The number of hydrogen-bond donors (Lipinski definition) is 2. The number of carbonyl (C=O) groups is 2. The normalized spacial score (nSPS) is 12.6. The predicted molar refractivity (Wildman–Crippen MR) is 104 cm³/mol. The summed E-state index contributed by atoms with van der Waals surface area (Å²) < 4.78 is 38.1. The maximum Gasteiger partial charge on any atom is 0.416 e. The molecule has 1 heterocycles. The summed E-state index contributed by atoms with van der Waals surface area (Å²) in [5.74, 6) is 0.610. The van der Waals surface area contributed by atoms with Crippen LogP contribution in [0.3, 0.4) is 0 Å². The number of nitrogens with zero attached hydrogens (tertiary/aromatic N) is 1. The van der Waals surface area contributed by atoms with Crippen LogP contribution in [0.2, 0.25) is 0 Å². The van der Waals surface area contributed by atoms with E-state index in [-0.39, 0.29) is 17.7 Å². The number of halogens is 3. The van der Waals surface area contributed by atoms with Crippen LogP contribution in [0.15, 0.2) is 30.5 Å². The number of alkyl halides is 3. The minimum Gasteiger partial charge on any atom is -0.346 e. The Labute approximate surface area is 168 Å². The van der Waals surface area contributed by atoms with Crippen molar-refractivity contribution in [2.24, 2.45) is 0 Å². The summed E-state index contributed by atoms with van der Waals surface area (Å²) in [5, 5.41) is 2.85. The molecule has 0 fully saturated rings. The Morgan fingerprint density at radius 2 is 1.83 bits per heavy atom. The van der Waals surface area contributed by atoms with Crippen molar-refractivity contribution in [1.82, 2.24) is 15.3 Å². The van der Waals surface area contributed by atoms with E-state index >= 15 is 0 Å². The summed E-state index contributed by atoms with van der Waals surface area (Å²) in [5.41, 5.74) is 0.452. The Kier molecular flexibility index (Phi) is 7.99. The number of nitrogens with one attached hydrogen (secondary N) is 2. The lowest BCUT2D eigenvalue weighted by Gasteiger charge is -2.15. The number of amides is 1. The number of unbranched alkanes of at least 4 members (excludes halogenated alkanes) is 2. The van der Waals surface area contributed by atoms with Crippen LogP contribution >= 0.6 is 0 Å². The monoisotopic (exact) mass is 409 g/mol. The van der Waals surface area contributed by atoms with Crippen molar-refractivity contribution in [1.29, 1.82) is 0 Å². The number of Topliss-reactive ketones (excluding diaryl/α,β-unsaturated/α-hetero) is 1. The number of ketones is 1. The summed E-state index contributed by atoms with van der Waals surface area (Å²) in [6.45, 7) is 3.27. The van der Waals surface area contributed by atoms with Gasteiger partial charge in [-0.15, -0.1) is 0 Å². The fraction of sp³-hybridized carbons (Fsp3) is 0.476. The van der Waals surface area contributed by atoms with Gasteiger partial charge in [0.05, 0.1) is 23.5 Å². The van der Waals surface area contributed by atoms with Crippen molar-refractivity contribution in [3.63, 3.8) is 0 Å². The van der Waals surface area contributed by atoms with Gasteiger partial charge in [0.25, 0.3) is 0 Å². The van der Waals surface area contributed by atoms with E-state index in [0.717, 1.165) is 31.4 Å². The van der Waals surface area contributed by atoms with Gasteiger partial charge in [0.1, 0.15) is 11.6 Å². The lowest BCUT2D eigenvalue weighted by Crippen LogP contribution is -2.26. The third kappa shape index (κ3) is 7.03. The molecule has 0 aliphatic carbocycles. The SMILES string of the molecule is CCC(=O)CCCCC[C@H](NC(C)=O)c1ncc(-c2ccc(C(F)(F)F)cc2)[nH]1. The quantitative estimate of drug-likeness (QED) is 0.530. The molecule has 0 aliphatic heterocycles. The molecule has 0 saturated carbocycles. The molecule has 2 N–H and O–H groups in total. The molecule has 1 atom stereocenters. The van der Waals surface area contributed by atoms with E-state index in [4.69, 9.17) is 0 Å². The van der Waals surface area contributed by atoms with Crippen LogP contribution in [0.4, 0.5) is 13.2 Å². The first-order chi connectivity index (χ1) is 13.7. The second-order valence-electron chi connectivity index (χ2n) is 7.00.